The van der Waals surface area contributed by atoms with E-state index in [2.05, 4.69) is 5.32 Å². The second-order valence-electron chi connectivity index (χ2n) is 6.62. The van der Waals surface area contributed by atoms with E-state index in [0.29, 0.717) is 17.2 Å². The molecule has 2 aliphatic heterocycles. The van der Waals surface area contributed by atoms with E-state index in [1.165, 1.54) is 11.0 Å². The Balaban J connectivity index is 1.47. The van der Waals surface area contributed by atoms with Crippen molar-refractivity contribution in [3.05, 3.63) is 47.0 Å². The summed E-state index contributed by atoms with van der Waals surface area (Å²) in [7, 11) is 0. The van der Waals surface area contributed by atoms with E-state index in [1.807, 2.05) is 0 Å². The summed E-state index contributed by atoms with van der Waals surface area (Å²) in [6.45, 7) is 0.197. The summed E-state index contributed by atoms with van der Waals surface area (Å²) < 4.78 is 49.5. The lowest BCUT2D eigenvalue weighted by Crippen LogP contribution is -2.28. The third-order valence-corrected chi connectivity index (χ3v) is 5.03. The lowest BCUT2D eigenvalue weighted by molar-refractivity contribution is -0.137. The normalized spacial score (nSPS) is 18.3. The molecule has 0 saturated carbocycles. The number of nitrogens with zero attached hydrogens (tertiary/aromatic N) is 1. The number of fused-ring (bicyclic) bond motifs is 1. The van der Waals surface area contributed by atoms with Crippen molar-refractivity contribution in [3.63, 3.8) is 0 Å². The van der Waals surface area contributed by atoms with Crippen LogP contribution in [-0.4, -0.2) is 25.2 Å². The number of carbonyl (C=O) groups excluding carboxylic acids is 2. The van der Waals surface area contributed by atoms with Gasteiger partial charge in [-0.25, -0.2) is 0 Å². The van der Waals surface area contributed by atoms with Crippen LogP contribution in [0.25, 0.3) is 0 Å². The molecule has 2 amide bonds. The van der Waals surface area contributed by atoms with Gasteiger partial charge < -0.3 is 19.7 Å². The maximum Gasteiger partial charge on any atom is 0.417 e. The fourth-order valence-electron chi connectivity index (χ4n) is 3.25. The molecule has 2 aliphatic rings. The molecule has 0 spiro atoms. The van der Waals surface area contributed by atoms with Gasteiger partial charge in [0.15, 0.2) is 11.5 Å². The molecule has 2 aromatic carbocycles. The van der Waals surface area contributed by atoms with Gasteiger partial charge in [-0.15, -0.1) is 0 Å². The number of anilines is 2. The van der Waals surface area contributed by atoms with Crippen molar-refractivity contribution in [3.8, 4) is 11.5 Å². The smallest absolute Gasteiger partial charge is 0.417 e. The van der Waals surface area contributed by atoms with E-state index in [0.717, 1.165) is 12.1 Å². The van der Waals surface area contributed by atoms with Crippen molar-refractivity contribution < 1.29 is 32.2 Å². The Morgan fingerprint density at radius 1 is 1.14 bits per heavy atom. The van der Waals surface area contributed by atoms with Crippen LogP contribution >= 0.6 is 11.6 Å². The highest BCUT2D eigenvalue weighted by Crippen LogP contribution is 2.38. The first-order chi connectivity index (χ1) is 13.7. The van der Waals surface area contributed by atoms with Gasteiger partial charge >= 0.3 is 6.18 Å². The summed E-state index contributed by atoms with van der Waals surface area (Å²) in [5.74, 6) is -0.451. The van der Waals surface area contributed by atoms with Gasteiger partial charge in [0, 0.05) is 30.4 Å². The number of carbonyl (C=O) groups is 2. The molecule has 6 nitrogen and oxygen atoms in total. The van der Waals surface area contributed by atoms with Crippen LogP contribution in [0.2, 0.25) is 5.02 Å². The van der Waals surface area contributed by atoms with Crippen molar-refractivity contribution in [1.29, 1.82) is 0 Å². The minimum absolute atomic E-state index is 0.0410. The van der Waals surface area contributed by atoms with Crippen molar-refractivity contribution in [2.24, 2.45) is 5.92 Å². The number of alkyl halides is 3. The summed E-state index contributed by atoms with van der Waals surface area (Å²) >= 11 is 5.59. The second kappa shape index (κ2) is 7.14. The molecule has 1 saturated heterocycles. The lowest BCUT2D eigenvalue weighted by Gasteiger charge is -2.17. The van der Waals surface area contributed by atoms with Gasteiger partial charge in [0.25, 0.3) is 0 Å². The minimum Gasteiger partial charge on any atom is -0.454 e. The summed E-state index contributed by atoms with van der Waals surface area (Å²) in [4.78, 5) is 26.3. The summed E-state index contributed by atoms with van der Waals surface area (Å²) in [5, 5.41) is 1.98. The molecule has 4 rings (SSSR count). The van der Waals surface area contributed by atoms with E-state index in [4.69, 9.17) is 21.1 Å². The van der Waals surface area contributed by atoms with Crippen LogP contribution in [0.4, 0.5) is 24.5 Å². The van der Waals surface area contributed by atoms with Crippen LogP contribution < -0.4 is 19.7 Å². The Kier molecular flexibility index (Phi) is 4.77. The molecule has 29 heavy (non-hydrogen) atoms. The number of nitrogens with one attached hydrogen (secondary N) is 1. The zero-order valence-corrected chi connectivity index (χ0v) is 15.5. The van der Waals surface area contributed by atoms with Crippen molar-refractivity contribution >= 4 is 34.8 Å². The molecule has 0 bridgehead atoms. The fraction of sp³-hybridized carbons (Fsp3) is 0.263. The Morgan fingerprint density at radius 2 is 1.90 bits per heavy atom. The number of hydrogen-bond acceptors (Lipinski definition) is 4. The first kappa shape index (κ1) is 19.4. The van der Waals surface area contributed by atoms with Gasteiger partial charge in [0.1, 0.15) is 0 Å². The van der Waals surface area contributed by atoms with E-state index < -0.39 is 28.6 Å². The van der Waals surface area contributed by atoms with Crippen molar-refractivity contribution in [2.45, 2.75) is 12.6 Å². The van der Waals surface area contributed by atoms with E-state index in [9.17, 15) is 22.8 Å². The molecule has 1 fully saturated rings. The Hall–Kier alpha value is -2.94. The molecule has 1 N–H and O–H groups in total. The first-order valence-electron chi connectivity index (χ1n) is 8.60. The zero-order valence-electron chi connectivity index (χ0n) is 14.8. The molecule has 0 aliphatic carbocycles. The van der Waals surface area contributed by atoms with Gasteiger partial charge in [-0.3, -0.25) is 9.59 Å². The maximum absolute atomic E-state index is 13.0. The maximum atomic E-state index is 13.0. The van der Waals surface area contributed by atoms with E-state index in [-0.39, 0.29) is 31.4 Å². The first-order valence-corrected chi connectivity index (χ1v) is 8.98. The Labute approximate surface area is 168 Å². The Morgan fingerprint density at radius 3 is 2.66 bits per heavy atom. The van der Waals surface area contributed by atoms with Gasteiger partial charge in [-0.05, 0) is 30.3 Å². The quantitative estimate of drug-likeness (QED) is 0.803. The topological polar surface area (TPSA) is 67.9 Å². The standard InChI is InChI=1S/C19H14ClF3N2O4/c20-14-3-1-11(6-13(14)19(21,22)23)24-18(27)10-5-17(26)25(8-10)12-2-4-15-16(7-12)29-9-28-15/h1-4,6-7,10H,5,8-9H2,(H,24,27)/t10-/m0/s1. The van der Waals surface area contributed by atoms with Crippen LogP contribution in [-0.2, 0) is 15.8 Å². The zero-order chi connectivity index (χ0) is 20.8. The molecule has 2 aromatic rings. The molecule has 1 atom stereocenters. The van der Waals surface area contributed by atoms with Gasteiger partial charge in [-0.2, -0.15) is 13.2 Å². The van der Waals surface area contributed by atoms with Crippen molar-refractivity contribution in [2.75, 3.05) is 23.6 Å². The number of benzene rings is 2. The lowest BCUT2D eigenvalue weighted by atomic mass is 10.1. The highest BCUT2D eigenvalue weighted by atomic mass is 35.5. The number of rotatable bonds is 3. The number of amides is 2. The predicted molar refractivity (Wildman–Crippen MR) is 98.1 cm³/mol. The molecule has 0 radical (unpaired) electrons. The fourth-order valence-corrected chi connectivity index (χ4v) is 3.48. The predicted octanol–water partition coefficient (Wildman–Crippen LogP) is 4.08. The largest absolute Gasteiger partial charge is 0.454 e. The molecule has 2 heterocycles. The summed E-state index contributed by atoms with van der Waals surface area (Å²) in [6, 6.07) is 8.12. The summed E-state index contributed by atoms with van der Waals surface area (Å²) in [6.07, 6.45) is -4.70. The highest BCUT2D eigenvalue weighted by molar-refractivity contribution is 6.31. The van der Waals surface area contributed by atoms with Gasteiger partial charge in [0.2, 0.25) is 18.6 Å². The third kappa shape index (κ3) is 3.82. The molecule has 0 aromatic heterocycles. The number of halogens is 4. The van der Waals surface area contributed by atoms with Crippen LogP contribution in [0.3, 0.4) is 0 Å². The number of hydrogen-bond donors (Lipinski definition) is 1. The van der Waals surface area contributed by atoms with Gasteiger partial charge in [0.05, 0.1) is 16.5 Å². The van der Waals surface area contributed by atoms with Crippen LogP contribution in [0.15, 0.2) is 36.4 Å². The van der Waals surface area contributed by atoms with Crippen LogP contribution in [0.1, 0.15) is 12.0 Å². The molecule has 152 valence electrons. The molecule has 10 heteroatoms. The van der Waals surface area contributed by atoms with Crippen molar-refractivity contribution in [1.82, 2.24) is 0 Å². The Bertz CT molecular complexity index is 996. The minimum atomic E-state index is -4.64. The van der Waals surface area contributed by atoms with E-state index in [1.54, 1.807) is 18.2 Å². The average Bonchev–Trinajstić information content (AvgIpc) is 3.28. The third-order valence-electron chi connectivity index (χ3n) is 4.70. The molecular formula is C19H14ClF3N2O4. The molecular weight excluding hydrogens is 413 g/mol. The van der Waals surface area contributed by atoms with Gasteiger partial charge in [-0.1, -0.05) is 11.6 Å². The van der Waals surface area contributed by atoms with E-state index >= 15 is 0 Å². The molecule has 0 unspecified atom stereocenters. The van der Waals surface area contributed by atoms with Crippen LogP contribution in [0.5, 0.6) is 11.5 Å². The second-order valence-corrected chi connectivity index (χ2v) is 7.03. The van der Waals surface area contributed by atoms with Crippen LogP contribution in [0, 0.1) is 5.92 Å². The monoisotopic (exact) mass is 426 g/mol. The number of ether oxygens (including phenoxy) is 2. The summed E-state index contributed by atoms with van der Waals surface area (Å²) in [5.41, 5.74) is -0.525. The SMILES string of the molecule is O=C(Nc1ccc(Cl)c(C(F)(F)F)c1)[C@H]1CC(=O)N(c2ccc3c(c2)OCO3)C1. The average molecular weight is 427 g/mol. The highest BCUT2D eigenvalue weighted by Gasteiger charge is 2.37.